The standard InChI is InChI=1S/C24H30Cl2N2O/c25-21-10-8-19(9-11-21)17-24(29)12-4-3-5-20(24)18-27-13-15-28(16-14-27)23-7-2-1-6-22(23)26/h1-2,6-11,20,29H,3-5,12-18H2. The molecule has 0 radical (unpaired) electrons. The van der Waals surface area contributed by atoms with Crippen molar-refractivity contribution in [3.63, 3.8) is 0 Å². The summed E-state index contributed by atoms with van der Waals surface area (Å²) in [5, 5.41) is 13.1. The zero-order valence-electron chi connectivity index (χ0n) is 16.9. The largest absolute Gasteiger partial charge is 0.389 e. The number of nitrogens with zero attached hydrogens (tertiary/aromatic N) is 2. The Kier molecular flexibility index (Phi) is 6.70. The molecule has 0 amide bonds. The molecule has 1 aliphatic carbocycles. The lowest BCUT2D eigenvalue weighted by atomic mass is 9.72. The summed E-state index contributed by atoms with van der Waals surface area (Å²) >= 11 is 12.4. The first kappa shape index (κ1) is 21.0. The minimum atomic E-state index is -0.619. The number of para-hydroxylation sites is 1. The van der Waals surface area contributed by atoms with Crippen LogP contribution in [0.1, 0.15) is 31.2 Å². The van der Waals surface area contributed by atoms with E-state index in [9.17, 15) is 5.11 Å². The fourth-order valence-electron chi connectivity index (χ4n) is 4.94. The molecule has 0 aromatic heterocycles. The van der Waals surface area contributed by atoms with Crippen molar-refractivity contribution in [1.29, 1.82) is 0 Å². The highest BCUT2D eigenvalue weighted by atomic mass is 35.5. The second-order valence-electron chi connectivity index (χ2n) is 8.59. The SMILES string of the molecule is OC1(Cc2ccc(Cl)cc2)CCCCC1CN1CCN(c2ccccc2Cl)CC1. The topological polar surface area (TPSA) is 26.7 Å². The summed E-state index contributed by atoms with van der Waals surface area (Å²) < 4.78 is 0. The molecule has 2 fully saturated rings. The first-order valence-corrected chi connectivity index (χ1v) is 11.5. The molecule has 2 aromatic carbocycles. The van der Waals surface area contributed by atoms with Crippen molar-refractivity contribution in [2.24, 2.45) is 5.92 Å². The molecule has 29 heavy (non-hydrogen) atoms. The summed E-state index contributed by atoms with van der Waals surface area (Å²) in [6, 6.07) is 16.0. The monoisotopic (exact) mass is 432 g/mol. The maximum absolute atomic E-state index is 11.6. The highest BCUT2D eigenvalue weighted by molar-refractivity contribution is 6.33. The number of piperazine rings is 1. The number of benzene rings is 2. The van der Waals surface area contributed by atoms with Crippen LogP contribution in [-0.4, -0.2) is 48.3 Å². The van der Waals surface area contributed by atoms with E-state index in [1.54, 1.807) is 0 Å². The Balaban J connectivity index is 1.37. The molecule has 1 aliphatic heterocycles. The van der Waals surface area contributed by atoms with Crippen molar-refractivity contribution < 1.29 is 5.11 Å². The first-order valence-electron chi connectivity index (χ1n) is 10.7. The van der Waals surface area contributed by atoms with Crippen molar-refractivity contribution >= 4 is 28.9 Å². The van der Waals surface area contributed by atoms with Crippen LogP contribution in [0.4, 0.5) is 5.69 Å². The Bertz CT molecular complexity index is 805. The molecule has 0 spiro atoms. The number of hydrogen-bond acceptors (Lipinski definition) is 3. The van der Waals surface area contributed by atoms with E-state index in [1.165, 1.54) is 12.0 Å². The zero-order valence-corrected chi connectivity index (χ0v) is 18.4. The molecule has 1 N–H and O–H groups in total. The number of aliphatic hydroxyl groups is 1. The Hall–Kier alpha value is -1.26. The van der Waals surface area contributed by atoms with Gasteiger partial charge >= 0.3 is 0 Å². The summed E-state index contributed by atoms with van der Waals surface area (Å²) in [5.41, 5.74) is 1.68. The zero-order chi connectivity index (χ0) is 20.3. The van der Waals surface area contributed by atoms with Gasteiger partial charge in [0.05, 0.1) is 16.3 Å². The third kappa shape index (κ3) is 5.08. The Morgan fingerprint density at radius 3 is 2.38 bits per heavy atom. The van der Waals surface area contributed by atoms with Gasteiger partial charge in [0.2, 0.25) is 0 Å². The molecule has 2 unspecified atom stereocenters. The summed E-state index contributed by atoms with van der Waals surface area (Å²) in [5.74, 6) is 0.318. The van der Waals surface area contributed by atoms with Crippen molar-refractivity contribution in [3.8, 4) is 0 Å². The van der Waals surface area contributed by atoms with Gasteiger partial charge < -0.3 is 10.0 Å². The van der Waals surface area contributed by atoms with Crippen LogP contribution < -0.4 is 4.90 Å². The molecule has 0 bridgehead atoms. The number of hydrogen-bond donors (Lipinski definition) is 1. The third-order valence-electron chi connectivity index (χ3n) is 6.64. The fourth-order valence-corrected chi connectivity index (χ4v) is 5.32. The van der Waals surface area contributed by atoms with E-state index in [-0.39, 0.29) is 0 Å². The van der Waals surface area contributed by atoms with E-state index in [1.807, 2.05) is 42.5 Å². The van der Waals surface area contributed by atoms with Crippen LogP contribution in [0.25, 0.3) is 0 Å². The molecule has 3 nitrogen and oxygen atoms in total. The highest BCUT2D eigenvalue weighted by Gasteiger charge is 2.40. The lowest BCUT2D eigenvalue weighted by Gasteiger charge is -2.44. The van der Waals surface area contributed by atoms with Crippen LogP contribution in [0.2, 0.25) is 10.0 Å². The van der Waals surface area contributed by atoms with Crippen molar-refractivity contribution in [2.75, 3.05) is 37.6 Å². The van der Waals surface area contributed by atoms with Crippen LogP contribution in [0.5, 0.6) is 0 Å². The van der Waals surface area contributed by atoms with Crippen LogP contribution in [-0.2, 0) is 6.42 Å². The molecule has 1 saturated heterocycles. The van der Waals surface area contributed by atoms with Crippen LogP contribution in [0, 0.1) is 5.92 Å². The Labute approximate surface area is 184 Å². The predicted molar refractivity (Wildman–Crippen MR) is 122 cm³/mol. The van der Waals surface area contributed by atoms with Crippen molar-refractivity contribution in [2.45, 2.75) is 37.7 Å². The summed E-state index contributed by atoms with van der Waals surface area (Å²) in [7, 11) is 0. The fraction of sp³-hybridized carbons (Fsp3) is 0.500. The van der Waals surface area contributed by atoms with Gasteiger partial charge in [0.1, 0.15) is 0 Å². The average Bonchev–Trinajstić information content (AvgIpc) is 2.73. The van der Waals surface area contributed by atoms with E-state index in [0.29, 0.717) is 12.3 Å². The smallest absolute Gasteiger partial charge is 0.0728 e. The summed E-state index contributed by atoms with van der Waals surface area (Å²) in [6.45, 7) is 4.95. The van der Waals surface area contributed by atoms with E-state index in [2.05, 4.69) is 15.9 Å². The number of halogens is 2. The van der Waals surface area contributed by atoms with Crippen LogP contribution in [0.15, 0.2) is 48.5 Å². The van der Waals surface area contributed by atoms with Crippen LogP contribution >= 0.6 is 23.2 Å². The van der Waals surface area contributed by atoms with Crippen molar-refractivity contribution in [3.05, 3.63) is 64.1 Å². The molecule has 4 rings (SSSR count). The summed E-state index contributed by atoms with van der Waals surface area (Å²) in [4.78, 5) is 4.90. The average molecular weight is 433 g/mol. The molecular weight excluding hydrogens is 403 g/mol. The van der Waals surface area contributed by atoms with Gasteiger partial charge in [-0.2, -0.15) is 0 Å². The maximum Gasteiger partial charge on any atom is 0.0728 e. The van der Waals surface area contributed by atoms with E-state index in [4.69, 9.17) is 23.2 Å². The Morgan fingerprint density at radius 1 is 0.931 bits per heavy atom. The molecule has 2 aliphatic rings. The van der Waals surface area contributed by atoms with Gasteiger partial charge in [0.15, 0.2) is 0 Å². The quantitative estimate of drug-likeness (QED) is 0.695. The van der Waals surface area contributed by atoms with Gasteiger partial charge in [0, 0.05) is 50.1 Å². The normalized spacial score (nSPS) is 25.9. The van der Waals surface area contributed by atoms with E-state index in [0.717, 1.165) is 67.7 Å². The minimum absolute atomic E-state index is 0.318. The molecule has 2 atom stereocenters. The second-order valence-corrected chi connectivity index (χ2v) is 9.43. The van der Waals surface area contributed by atoms with Gasteiger partial charge in [-0.25, -0.2) is 0 Å². The van der Waals surface area contributed by atoms with E-state index >= 15 is 0 Å². The van der Waals surface area contributed by atoms with Gasteiger partial charge in [-0.15, -0.1) is 0 Å². The Morgan fingerprint density at radius 2 is 1.66 bits per heavy atom. The van der Waals surface area contributed by atoms with Gasteiger partial charge in [-0.3, -0.25) is 4.90 Å². The minimum Gasteiger partial charge on any atom is -0.389 e. The van der Waals surface area contributed by atoms with Crippen molar-refractivity contribution in [1.82, 2.24) is 4.90 Å². The number of rotatable bonds is 5. The first-order chi connectivity index (χ1) is 14.0. The highest BCUT2D eigenvalue weighted by Crippen LogP contribution is 2.37. The van der Waals surface area contributed by atoms with E-state index < -0.39 is 5.60 Å². The molecule has 1 heterocycles. The summed E-state index contributed by atoms with van der Waals surface area (Å²) in [6.07, 6.45) is 5.04. The lowest BCUT2D eigenvalue weighted by Crippen LogP contribution is -2.52. The van der Waals surface area contributed by atoms with Gasteiger partial charge in [0.25, 0.3) is 0 Å². The number of anilines is 1. The molecular formula is C24H30Cl2N2O. The van der Waals surface area contributed by atoms with Gasteiger partial charge in [-0.05, 0) is 42.7 Å². The molecule has 1 saturated carbocycles. The second kappa shape index (κ2) is 9.26. The molecule has 5 heteroatoms. The van der Waals surface area contributed by atoms with Gasteiger partial charge in [-0.1, -0.05) is 60.3 Å². The molecule has 2 aromatic rings. The van der Waals surface area contributed by atoms with Crippen LogP contribution in [0.3, 0.4) is 0 Å². The lowest BCUT2D eigenvalue weighted by molar-refractivity contribution is -0.0595. The third-order valence-corrected chi connectivity index (χ3v) is 7.21. The predicted octanol–water partition coefficient (Wildman–Crippen LogP) is 5.28. The maximum atomic E-state index is 11.6. The molecule has 156 valence electrons.